The summed E-state index contributed by atoms with van der Waals surface area (Å²) in [6.07, 6.45) is 6.17. The molecule has 0 aliphatic heterocycles. The van der Waals surface area contributed by atoms with Crippen LogP contribution in [-0.4, -0.2) is 23.7 Å². The first-order valence-corrected chi connectivity index (χ1v) is 7.84. The van der Waals surface area contributed by atoms with Crippen molar-refractivity contribution >= 4 is 17.3 Å². The predicted octanol–water partition coefficient (Wildman–Crippen LogP) is 2.19. The first-order chi connectivity index (χ1) is 9.08. The van der Waals surface area contributed by atoms with E-state index >= 15 is 0 Å². The maximum absolute atomic E-state index is 10.3. The summed E-state index contributed by atoms with van der Waals surface area (Å²) in [6, 6.07) is 2.37. The summed E-state index contributed by atoms with van der Waals surface area (Å²) in [5.74, 6) is 0.447. The SMILES string of the molecule is CC(O)(CN=C(N)NC1CCCCC1)c1ccsc1. The van der Waals surface area contributed by atoms with E-state index in [9.17, 15) is 5.11 Å². The minimum absolute atomic E-state index is 0.287. The fourth-order valence-electron chi connectivity index (χ4n) is 2.40. The molecular weight excluding hydrogens is 258 g/mol. The summed E-state index contributed by atoms with van der Waals surface area (Å²) >= 11 is 1.57. The topological polar surface area (TPSA) is 70.6 Å². The van der Waals surface area contributed by atoms with Crippen LogP contribution in [0.15, 0.2) is 21.8 Å². The molecule has 4 nitrogen and oxygen atoms in total. The largest absolute Gasteiger partial charge is 0.383 e. The Labute approximate surface area is 118 Å². The highest BCUT2D eigenvalue weighted by molar-refractivity contribution is 7.08. The predicted molar refractivity (Wildman–Crippen MR) is 80.4 cm³/mol. The van der Waals surface area contributed by atoms with E-state index in [0.29, 0.717) is 12.0 Å². The molecule has 1 unspecified atom stereocenters. The van der Waals surface area contributed by atoms with E-state index in [0.717, 1.165) is 18.4 Å². The Kier molecular flexibility index (Phi) is 4.82. The van der Waals surface area contributed by atoms with Gasteiger partial charge in [0, 0.05) is 6.04 Å². The second-order valence-electron chi connectivity index (χ2n) is 5.47. The lowest BCUT2D eigenvalue weighted by Gasteiger charge is -2.24. The second-order valence-corrected chi connectivity index (χ2v) is 6.25. The molecule has 1 aromatic rings. The van der Waals surface area contributed by atoms with Crippen LogP contribution in [0.3, 0.4) is 0 Å². The van der Waals surface area contributed by atoms with E-state index in [2.05, 4.69) is 10.3 Å². The molecule has 1 aliphatic rings. The lowest BCUT2D eigenvalue weighted by Crippen LogP contribution is -2.42. The zero-order chi connectivity index (χ0) is 13.7. The summed E-state index contributed by atoms with van der Waals surface area (Å²) in [5.41, 5.74) is 5.85. The molecule has 1 saturated carbocycles. The van der Waals surface area contributed by atoms with Crippen LogP contribution < -0.4 is 11.1 Å². The highest BCUT2D eigenvalue weighted by Gasteiger charge is 2.23. The summed E-state index contributed by atoms with van der Waals surface area (Å²) in [4.78, 5) is 4.28. The standard InChI is InChI=1S/C14H23N3OS/c1-14(18,11-7-8-19-9-11)10-16-13(15)17-12-5-3-2-4-6-12/h7-9,12,18H,2-6,10H2,1H3,(H3,15,16,17). The average Bonchev–Trinajstić information content (AvgIpc) is 2.92. The number of aliphatic imine (C=N–C) groups is 1. The maximum atomic E-state index is 10.3. The molecule has 1 heterocycles. The van der Waals surface area contributed by atoms with Gasteiger partial charge >= 0.3 is 0 Å². The minimum Gasteiger partial charge on any atom is -0.383 e. The van der Waals surface area contributed by atoms with Gasteiger partial charge in [-0.15, -0.1) is 0 Å². The van der Waals surface area contributed by atoms with Crippen molar-refractivity contribution in [3.8, 4) is 0 Å². The van der Waals surface area contributed by atoms with Crippen molar-refractivity contribution in [3.05, 3.63) is 22.4 Å². The summed E-state index contributed by atoms with van der Waals surface area (Å²) in [5, 5.41) is 17.5. The Balaban J connectivity index is 1.86. The molecule has 2 rings (SSSR count). The summed E-state index contributed by atoms with van der Waals surface area (Å²) in [7, 11) is 0. The molecule has 0 amide bonds. The fourth-order valence-corrected chi connectivity index (χ4v) is 3.19. The first-order valence-electron chi connectivity index (χ1n) is 6.89. The van der Waals surface area contributed by atoms with E-state index in [1.165, 1.54) is 19.3 Å². The number of hydrogen-bond acceptors (Lipinski definition) is 3. The monoisotopic (exact) mass is 281 g/mol. The lowest BCUT2D eigenvalue weighted by atomic mass is 9.96. The fraction of sp³-hybridized carbons (Fsp3) is 0.643. The molecule has 0 radical (unpaired) electrons. The molecule has 5 heteroatoms. The molecule has 1 aliphatic carbocycles. The van der Waals surface area contributed by atoms with Crippen LogP contribution in [0.2, 0.25) is 0 Å². The Morgan fingerprint density at radius 2 is 2.26 bits per heavy atom. The van der Waals surface area contributed by atoms with Gasteiger partial charge < -0.3 is 16.2 Å². The number of thiophene rings is 1. The lowest BCUT2D eigenvalue weighted by molar-refractivity contribution is 0.0677. The average molecular weight is 281 g/mol. The third-order valence-electron chi connectivity index (χ3n) is 3.66. The zero-order valence-corrected chi connectivity index (χ0v) is 12.2. The van der Waals surface area contributed by atoms with Crippen LogP contribution in [0.4, 0.5) is 0 Å². The van der Waals surface area contributed by atoms with Crippen molar-refractivity contribution in [2.45, 2.75) is 50.7 Å². The molecule has 0 aromatic carbocycles. The molecule has 0 spiro atoms. The Morgan fingerprint density at radius 3 is 2.89 bits per heavy atom. The maximum Gasteiger partial charge on any atom is 0.188 e. The number of rotatable bonds is 4. The van der Waals surface area contributed by atoms with Crippen molar-refractivity contribution in [2.24, 2.45) is 10.7 Å². The van der Waals surface area contributed by atoms with Crippen molar-refractivity contribution in [2.75, 3.05) is 6.54 Å². The first kappa shape index (κ1) is 14.3. The van der Waals surface area contributed by atoms with Crippen LogP contribution in [0.5, 0.6) is 0 Å². The van der Waals surface area contributed by atoms with E-state index in [4.69, 9.17) is 5.73 Å². The Hall–Kier alpha value is -1.07. The van der Waals surface area contributed by atoms with Gasteiger partial charge in [0.25, 0.3) is 0 Å². The number of nitrogens with two attached hydrogens (primary N) is 1. The second kappa shape index (κ2) is 6.39. The van der Waals surface area contributed by atoms with Crippen LogP contribution in [0.25, 0.3) is 0 Å². The third kappa shape index (κ3) is 4.21. The molecule has 0 saturated heterocycles. The van der Waals surface area contributed by atoms with Crippen LogP contribution in [0, 0.1) is 0 Å². The van der Waals surface area contributed by atoms with Gasteiger partial charge in [-0.1, -0.05) is 19.3 Å². The van der Waals surface area contributed by atoms with Crippen molar-refractivity contribution in [1.82, 2.24) is 5.32 Å². The van der Waals surface area contributed by atoms with Gasteiger partial charge in [-0.3, -0.25) is 4.99 Å². The highest BCUT2D eigenvalue weighted by Crippen LogP contribution is 2.23. The zero-order valence-electron chi connectivity index (χ0n) is 11.4. The molecule has 1 atom stereocenters. The van der Waals surface area contributed by atoms with E-state index in [1.807, 2.05) is 16.8 Å². The number of guanidine groups is 1. The number of hydrogen-bond donors (Lipinski definition) is 3. The molecule has 19 heavy (non-hydrogen) atoms. The highest BCUT2D eigenvalue weighted by atomic mass is 32.1. The van der Waals surface area contributed by atoms with Crippen molar-refractivity contribution in [3.63, 3.8) is 0 Å². The van der Waals surface area contributed by atoms with Crippen LogP contribution >= 0.6 is 11.3 Å². The molecule has 106 valence electrons. The van der Waals surface area contributed by atoms with Gasteiger partial charge in [-0.2, -0.15) is 11.3 Å². The van der Waals surface area contributed by atoms with Crippen molar-refractivity contribution in [1.29, 1.82) is 0 Å². The van der Waals surface area contributed by atoms with E-state index in [-0.39, 0.29) is 6.54 Å². The normalized spacial score (nSPS) is 21.1. The van der Waals surface area contributed by atoms with Gasteiger partial charge in [-0.25, -0.2) is 0 Å². The molecule has 4 N–H and O–H groups in total. The van der Waals surface area contributed by atoms with Crippen molar-refractivity contribution < 1.29 is 5.11 Å². The third-order valence-corrected chi connectivity index (χ3v) is 4.34. The smallest absolute Gasteiger partial charge is 0.188 e. The number of nitrogens with one attached hydrogen (secondary N) is 1. The van der Waals surface area contributed by atoms with Gasteiger partial charge in [0.2, 0.25) is 0 Å². The Morgan fingerprint density at radius 1 is 1.53 bits per heavy atom. The number of aliphatic hydroxyl groups is 1. The van der Waals surface area contributed by atoms with E-state index < -0.39 is 5.60 Å². The van der Waals surface area contributed by atoms with Gasteiger partial charge in [0.1, 0.15) is 5.60 Å². The number of nitrogens with zero attached hydrogens (tertiary/aromatic N) is 1. The van der Waals surface area contributed by atoms with Crippen LogP contribution in [0.1, 0.15) is 44.6 Å². The minimum atomic E-state index is -0.946. The van der Waals surface area contributed by atoms with Gasteiger partial charge in [-0.05, 0) is 42.2 Å². The van der Waals surface area contributed by atoms with Gasteiger partial charge in [0.05, 0.1) is 6.54 Å². The van der Waals surface area contributed by atoms with Crippen LogP contribution in [-0.2, 0) is 5.60 Å². The summed E-state index contributed by atoms with van der Waals surface area (Å²) in [6.45, 7) is 2.06. The molecule has 1 aromatic heterocycles. The Bertz CT molecular complexity index is 408. The van der Waals surface area contributed by atoms with Gasteiger partial charge in [0.15, 0.2) is 5.96 Å². The molecule has 0 bridgehead atoms. The quantitative estimate of drug-likeness (QED) is 0.585. The molecule has 1 fully saturated rings. The van der Waals surface area contributed by atoms with E-state index in [1.54, 1.807) is 18.3 Å². The molecular formula is C14H23N3OS. The summed E-state index contributed by atoms with van der Waals surface area (Å²) < 4.78 is 0.